The van der Waals surface area contributed by atoms with E-state index in [1.807, 2.05) is 54.5 Å². The van der Waals surface area contributed by atoms with Gasteiger partial charge in [-0.2, -0.15) is 5.10 Å². The molecule has 1 aliphatic rings. The lowest BCUT2D eigenvalue weighted by atomic mass is 10.0. The number of aromatic nitrogens is 2. The van der Waals surface area contributed by atoms with Crippen LogP contribution < -0.4 is 5.32 Å². The number of nitrogens with one attached hydrogen (secondary N) is 1. The summed E-state index contributed by atoms with van der Waals surface area (Å²) in [5.74, 6) is 0.820. The number of aliphatic imine (C=N–C) groups is 1. The molecule has 0 aliphatic heterocycles. The average molecular weight is 355 g/mol. The fourth-order valence-corrected chi connectivity index (χ4v) is 3.40. The van der Waals surface area contributed by atoms with E-state index in [0.717, 1.165) is 49.4 Å². The largest absolute Gasteiger partial charge is 0.388 e. The van der Waals surface area contributed by atoms with E-state index in [0.29, 0.717) is 13.1 Å². The van der Waals surface area contributed by atoms with Crippen LogP contribution in [0.4, 0.5) is 0 Å². The van der Waals surface area contributed by atoms with Gasteiger partial charge in [0.15, 0.2) is 5.96 Å². The summed E-state index contributed by atoms with van der Waals surface area (Å²) in [6.45, 7) is 4.02. The molecule has 0 amide bonds. The lowest BCUT2D eigenvalue weighted by molar-refractivity contribution is 0.0572. The molecule has 0 saturated heterocycles. The fraction of sp³-hybridized carbons (Fsp3) is 0.500. The van der Waals surface area contributed by atoms with Crippen molar-refractivity contribution in [2.24, 2.45) is 4.99 Å². The summed E-state index contributed by atoms with van der Waals surface area (Å²) in [7, 11) is 2.01. The van der Waals surface area contributed by atoms with Crippen molar-refractivity contribution in [2.75, 3.05) is 20.1 Å². The Balaban J connectivity index is 1.66. The monoisotopic (exact) mass is 355 g/mol. The number of hydrogen-bond donors (Lipinski definition) is 2. The first-order valence-electron chi connectivity index (χ1n) is 9.40. The first-order valence-corrected chi connectivity index (χ1v) is 9.40. The predicted molar refractivity (Wildman–Crippen MR) is 104 cm³/mol. The summed E-state index contributed by atoms with van der Waals surface area (Å²) >= 11 is 0. The van der Waals surface area contributed by atoms with E-state index in [-0.39, 0.29) is 0 Å². The van der Waals surface area contributed by atoms with Gasteiger partial charge in [0.1, 0.15) is 0 Å². The number of benzene rings is 1. The third-order valence-electron chi connectivity index (χ3n) is 4.83. The number of aliphatic hydroxyl groups is 1. The zero-order valence-electron chi connectivity index (χ0n) is 15.7. The van der Waals surface area contributed by atoms with Crippen molar-refractivity contribution in [3.8, 4) is 5.69 Å². The maximum absolute atomic E-state index is 10.5. The zero-order valence-corrected chi connectivity index (χ0v) is 15.7. The van der Waals surface area contributed by atoms with E-state index in [1.54, 1.807) is 0 Å². The van der Waals surface area contributed by atoms with Crippen LogP contribution in [0.25, 0.3) is 5.69 Å². The molecule has 1 aromatic heterocycles. The number of nitrogens with zero attached hydrogens (tertiary/aromatic N) is 4. The summed E-state index contributed by atoms with van der Waals surface area (Å²) in [4.78, 5) is 6.76. The van der Waals surface area contributed by atoms with Gasteiger partial charge < -0.3 is 15.3 Å². The minimum absolute atomic E-state index is 0.461. The minimum atomic E-state index is -0.625. The van der Waals surface area contributed by atoms with Gasteiger partial charge in [-0.15, -0.1) is 0 Å². The molecule has 2 N–H and O–H groups in total. The summed E-state index contributed by atoms with van der Waals surface area (Å²) in [6.07, 6.45) is 7.82. The van der Waals surface area contributed by atoms with E-state index >= 15 is 0 Å². The van der Waals surface area contributed by atoms with Crippen molar-refractivity contribution in [3.63, 3.8) is 0 Å². The highest BCUT2D eigenvalue weighted by molar-refractivity contribution is 5.79. The summed E-state index contributed by atoms with van der Waals surface area (Å²) in [6, 6.07) is 10.1. The second kappa shape index (κ2) is 8.36. The molecule has 0 radical (unpaired) electrons. The molecule has 0 unspecified atom stereocenters. The van der Waals surface area contributed by atoms with Crippen LogP contribution >= 0.6 is 0 Å². The molecule has 26 heavy (non-hydrogen) atoms. The second-order valence-corrected chi connectivity index (χ2v) is 7.09. The maximum Gasteiger partial charge on any atom is 0.194 e. The first kappa shape index (κ1) is 18.5. The van der Waals surface area contributed by atoms with Crippen LogP contribution in [0.2, 0.25) is 0 Å². The van der Waals surface area contributed by atoms with Gasteiger partial charge in [0.25, 0.3) is 0 Å². The molecule has 1 fully saturated rings. The van der Waals surface area contributed by atoms with Crippen LogP contribution in [0.5, 0.6) is 0 Å². The number of rotatable bonds is 6. The molecule has 1 aliphatic carbocycles. The molecule has 0 bridgehead atoms. The van der Waals surface area contributed by atoms with Gasteiger partial charge in [-0.3, -0.25) is 4.99 Å². The highest BCUT2D eigenvalue weighted by atomic mass is 16.3. The lowest BCUT2D eigenvalue weighted by Gasteiger charge is -2.24. The van der Waals surface area contributed by atoms with Crippen molar-refractivity contribution >= 4 is 5.96 Å². The Morgan fingerprint density at radius 2 is 2.04 bits per heavy atom. The van der Waals surface area contributed by atoms with Crippen molar-refractivity contribution < 1.29 is 5.11 Å². The Labute approximate surface area is 155 Å². The van der Waals surface area contributed by atoms with Crippen molar-refractivity contribution in [3.05, 3.63) is 48.3 Å². The molecule has 1 aromatic carbocycles. The Kier molecular flexibility index (Phi) is 5.93. The molecule has 6 nitrogen and oxygen atoms in total. The second-order valence-electron chi connectivity index (χ2n) is 7.09. The minimum Gasteiger partial charge on any atom is -0.388 e. The van der Waals surface area contributed by atoms with Crippen LogP contribution in [0.15, 0.2) is 47.7 Å². The Bertz CT molecular complexity index is 719. The quantitative estimate of drug-likeness (QED) is 0.617. The molecular formula is C20H29N5O. The molecule has 6 heteroatoms. The molecule has 140 valence electrons. The van der Waals surface area contributed by atoms with E-state index in [9.17, 15) is 5.11 Å². The van der Waals surface area contributed by atoms with Crippen LogP contribution in [0.1, 0.15) is 38.2 Å². The average Bonchev–Trinajstić information content (AvgIpc) is 3.29. The summed E-state index contributed by atoms with van der Waals surface area (Å²) in [5, 5.41) is 18.3. The standard InChI is InChI=1S/C20H29N5O/c1-3-21-19(22-16-20(26)11-7-8-12-20)24(2)14-17-13-23-25(15-17)18-9-5-4-6-10-18/h4-6,9-10,13,15,26H,3,7-8,11-12,14,16H2,1-2H3,(H,21,22). The topological polar surface area (TPSA) is 65.7 Å². The summed E-state index contributed by atoms with van der Waals surface area (Å²) < 4.78 is 1.88. The van der Waals surface area contributed by atoms with Gasteiger partial charge in [0.2, 0.25) is 0 Å². The van der Waals surface area contributed by atoms with E-state index in [2.05, 4.69) is 27.2 Å². The van der Waals surface area contributed by atoms with Gasteiger partial charge in [-0.1, -0.05) is 31.0 Å². The first-order chi connectivity index (χ1) is 12.6. The van der Waals surface area contributed by atoms with Crippen molar-refractivity contribution in [2.45, 2.75) is 44.8 Å². The van der Waals surface area contributed by atoms with Gasteiger partial charge in [0.05, 0.1) is 24.0 Å². The van der Waals surface area contributed by atoms with Crippen molar-refractivity contribution in [1.29, 1.82) is 0 Å². The van der Waals surface area contributed by atoms with E-state index < -0.39 is 5.60 Å². The number of hydrogen-bond acceptors (Lipinski definition) is 3. The van der Waals surface area contributed by atoms with Crippen molar-refractivity contribution in [1.82, 2.24) is 20.0 Å². The number of para-hydroxylation sites is 1. The van der Waals surface area contributed by atoms with Crippen LogP contribution in [-0.4, -0.2) is 51.5 Å². The molecule has 0 atom stereocenters. The zero-order chi connectivity index (χ0) is 18.4. The molecule has 3 rings (SSSR count). The molecule has 1 saturated carbocycles. The predicted octanol–water partition coefficient (Wildman–Crippen LogP) is 2.57. The summed E-state index contributed by atoms with van der Waals surface area (Å²) in [5.41, 5.74) is 1.53. The highest BCUT2D eigenvalue weighted by Gasteiger charge is 2.30. The van der Waals surface area contributed by atoms with Gasteiger partial charge in [-0.25, -0.2) is 4.68 Å². The third kappa shape index (κ3) is 4.64. The fourth-order valence-electron chi connectivity index (χ4n) is 3.40. The van der Waals surface area contributed by atoms with Gasteiger partial charge in [0, 0.05) is 31.9 Å². The maximum atomic E-state index is 10.5. The van der Waals surface area contributed by atoms with E-state index in [1.165, 1.54) is 0 Å². The highest BCUT2D eigenvalue weighted by Crippen LogP contribution is 2.29. The number of guanidine groups is 1. The smallest absolute Gasteiger partial charge is 0.194 e. The molecule has 2 aromatic rings. The molecule has 0 spiro atoms. The van der Waals surface area contributed by atoms with Crippen LogP contribution in [0, 0.1) is 0 Å². The molecular weight excluding hydrogens is 326 g/mol. The lowest BCUT2D eigenvalue weighted by Crippen LogP contribution is -2.40. The normalized spacial score (nSPS) is 16.7. The SMILES string of the molecule is CCNC(=NCC1(O)CCCC1)N(C)Cc1cnn(-c2ccccc2)c1. The molecule has 1 heterocycles. The Morgan fingerprint density at radius 1 is 1.31 bits per heavy atom. The third-order valence-corrected chi connectivity index (χ3v) is 4.83. The van der Waals surface area contributed by atoms with E-state index in [4.69, 9.17) is 0 Å². The Morgan fingerprint density at radius 3 is 2.73 bits per heavy atom. The van der Waals surface area contributed by atoms with Crippen LogP contribution in [0.3, 0.4) is 0 Å². The van der Waals surface area contributed by atoms with Gasteiger partial charge in [-0.05, 0) is 31.9 Å². The van der Waals surface area contributed by atoms with Gasteiger partial charge >= 0.3 is 0 Å². The van der Waals surface area contributed by atoms with Crippen LogP contribution in [-0.2, 0) is 6.54 Å². The Hall–Kier alpha value is -2.34.